The fourth-order valence-corrected chi connectivity index (χ4v) is 4.96. The van der Waals surface area contributed by atoms with E-state index < -0.39 is 6.10 Å². The second kappa shape index (κ2) is 7.60. The van der Waals surface area contributed by atoms with Crippen LogP contribution in [0, 0.1) is 11.8 Å². The number of fused-ring (bicyclic) bond motifs is 1. The van der Waals surface area contributed by atoms with Crippen molar-refractivity contribution in [2.24, 2.45) is 11.8 Å². The van der Waals surface area contributed by atoms with Gasteiger partial charge in [-0.3, -0.25) is 4.79 Å². The number of nitrogens with zero attached hydrogens (tertiary/aromatic N) is 2. The van der Waals surface area contributed by atoms with Crippen LogP contribution >= 0.6 is 11.5 Å². The minimum Gasteiger partial charge on any atom is -0.487 e. The van der Waals surface area contributed by atoms with E-state index in [1.54, 1.807) is 12.3 Å². The fraction of sp³-hybridized carbons (Fsp3) is 0.524. The van der Waals surface area contributed by atoms with E-state index in [2.05, 4.69) is 24.3 Å². The summed E-state index contributed by atoms with van der Waals surface area (Å²) >= 11 is 1.24. The molecule has 1 aromatic carbocycles. The highest BCUT2D eigenvalue weighted by molar-refractivity contribution is 7.08. The lowest BCUT2D eigenvalue weighted by molar-refractivity contribution is -0.0236. The van der Waals surface area contributed by atoms with Crippen molar-refractivity contribution in [3.63, 3.8) is 0 Å². The third-order valence-corrected chi connectivity index (χ3v) is 6.57. The molecule has 1 aromatic heterocycles. The number of likely N-dealkylation sites (tertiary alicyclic amines) is 1. The molecule has 27 heavy (non-hydrogen) atoms. The monoisotopic (exact) mass is 386 g/mol. The van der Waals surface area contributed by atoms with Crippen molar-refractivity contribution in [2.75, 3.05) is 13.1 Å². The van der Waals surface area contributed by atoms with Crippen molar-refractivity contribution < 1.29 is 14.6 Å². The van der Waals surface area contributed by atoms with Gasteiger partial charge in [0.25, 0.3) is 5.91 Å². The molecule has 2 heterocycles. The average molecular weight is 387 g/mol. The third kappa shape index (κ3) is 3.73. The third-order valence-electron chi connectivity index (χ3n) is 5.84. The Bertz CT molecular complexity index is 792. The molecule has 4 atom stereocenters. The molecule has 2 fully saturated rings. The summed E-state index contributed by atoms with van der Waals surface area (Å²) in [6.07, 6.45) is 2.42. The number of hydrogen-bond donors (Lipinski definition) is 1. The van der Waals surface area contributed by atoms with Crippen LogP contribution in [0.15, 0.2) is 36.5 Å². The number of rotatable bonds is 4. The van der Waals surface area contributed by atoms with Gasteiger partial charge in [0.2, 0.25) is 0 Å². The van der Waals surface area contributed by atoms with Crippen molar-refractivity contribution in [1.29, 1.82) is 0 Å². The van der Waals surface area contributed by atoms with E-state index in [0.717, 1.165) is 18.7 Å². The highest BCUT2D eigenvalue weighted by atomic mass is 32.1. The first-order valence-electron chi connectivity index (χ1n) is 9.66. The van der Waals surface area contributed by atoms with Crippen LogP contribution in [0.1, 0.15) is 47.8 Å². The molecule has 1 amide bonds. The maximum Gasteiger partial charge on any atom is 0.265 e. The first-order chi connectivity index (χ1) is 13.0. The lowest BCUT2D eigenvalue weighted by Crippen LogP contribution is -2.42. The van der Waals surface area contributed by atoms with Gasteiger partial charge in [-0.2, -0.15) is 0 Å². The summed E-state index contributed by atoms with van der Waals surface area (Å²) in [6, 6.07) is 9.85. The first-order valence-corrected chi connectivity index (χ1v) is 10.4. The van der Waals surface area contributed by atoms with Crippen LogP contribution in [0.3, 0.4) is 0 Å². The van der Waals surface area contributed by atoms with E-state index in [1.165, 1.54) is 17.1 Å². The molecule has 1 saturated heterocycles. The van der Waals surface area contributed by atoms with Crippen LogP contribution < -0.4 is 4.74 Å². The van der Waals surface area contributed by atoms with Gasteiger partial charge in [-0.15, -0.1) is 0 Å². The number of benzene rings is 1. The topological polar surface area (TPSA) is 62.7 Å². The maximum atomic E-state index is 12.6. The quantitative estimate of drug-likeness (QED) is 0.873. The van der Waals surface area contributed by atoms with Crippen molar-refractivity contribution in [3.05, 3.63) is 47.0 Å². The second-order valence-corrected chi connectivity index (χ2v) is 8.83. The van der Waals surface area contributed by atoms with Crippen LogP contribution in [0.5, 0.6) is 5.75 Å². The Kier molecular flexibility index (Phi) is 5.19. The van der Waals surface area contributed by atoms with Gasteiger partial charge in [0.15, 0.2) is 0 Å². The molecule has 144 valence electrons. The van der Waals surface area contributed by atoms with Crippen molar-refractivity contribution in [3.8, 4) is 5.75 Å². The summed E-state index contributed by atoms with van der Waals surface area (Å²) in [6.45, 7) is 5.75. The predicted octanol–water partition coefficient (Wildman–Crippen LogP) is 3.56. The van der Waals surface area contributed by atoms with Crippen molar-refractivity contribution >= 4 is 17.4 Å². The molecule has 1 aliphatic carbocycles. The summed E-state index contributed by atoms with van der Waals surface area (Å²) < 4.78 is 10.3. The molecule has 0 unspecified atom stereocenters. The number of amides is 1. The van der Waals surface area contributed by atoms with Gasteiger partial charge in [0, 0.05) is 19.3 Å². The van der Waals surface area contributed by atoms with E-state index in [4.69, 9.17) is 4.74 Å². The van der Waals surface area contributed by atoms with Crippen LogP contribution in [0.25, 0.3) is 0 Å². The average Bonchev–Trinajstić information content (AvgIpc) is 3.31. The molecule has 1 aliphatic heterocycles. The second-order valence-electron chi connectivity index (χ2n) is 7.99. The Morgan fingerprint density at radius 1 is 1.22 bits per heavy atom. The van der Waals surface area contributed by atoms with Gasteiger partial charge in [-0.25, -0.2) is 4.37 Å². The Labute approximate surface area is 164 Å². The summed E-state index contributed by atoms with van der Waals surface area (Å²) in [5.74, 6) is 2.02. The smallest absolute Gasteiger partial charge is 0.265 e. The highest BCUT2D eigenvalue weighted by Crippen LogP contribution is 2.39. The van der Waals surface area contributed by atoms with E-state index in [0.29, 0.717) is 35.6 Å². The van der Waals surface area contributed by atoms with Crippen LogP contribution in [-0.2, 0) is 0 Å². The zero-order valence-corrected chi connectivity index (χ0v) is 16.6. The first kappa shape index (κ1) is 18.4. The SMILES string of the molecule is CC(C)c1ccccc1O[C@@H]1C[C@@H]2CN(C(=O)c3ccns3)C[C@@H]2C[C@H]1O. The number of carbonyl (C=O) groups is 1. The fourth-order valence-electron chi connectivity index (χ4n) is 4.39. The minimum atomic E-state index is -0.495. The molecular formula is C21H26N2O3S. The summed E-state index contributed by atoms with van der Waals surface area (Å²) in [5, 5.41) is 10.7. The number of aromatic nitrogens is 1. The number of hydrogen-bond acceptors (Lipinski definition) is 5. The molecule has 0 spiro atoms. The van der Waals surface area contributed by atoms with Gasteiger partial charge < -0.3 is 14.7 Å². The summed E-state index contributed by atoms with van der Waals surface area (Å²) in [7, 11) is 0. The Morgan fingerprint density at radius 3 is 2.67 bits per heavy atom. The minimum absolute atomic E-state index is 0.0593. The summed E-state index contributed by atoms with van der Waals surface area (Å²) in [4.78, 5) is 15.2. The van der Waals surface area contributed by atoms with E-state index in [9.17, 15) is 9.90 Å². The van der Waals surface area contributed by atoms with E-state index >= 15 is 0 Å². The molecule has 2 aliphatic rings. The van der Waals surface area contributed by atoms with Crippen LogP contribution in [0.4, 0.5) is 0 Å². The van der Waals surface area contributed by atoms with Crippen molar-refractivity contribution in [1.82, 2.24) is 9.27 Å². The molecule has 4 rings (SSSR count). The standard InChI is InChI=1S/C21H26N2O3S/c1-13(2)16-5-3-4-6-18(16)26-19-10-15-12-23(11-14(15)9-17(19)24)21(25)20-7-8-22-27-20/h3-8,13-15,17,19,24H,9-12H2,1-2H3/t14-,15+,17+,19+/m0/s1. The molecule has 0 bridgehead atoms. The molecule has 1 N–H and O–H groups in total. The van der Waals surface area contributed by atoms with Gasteiger partial charge >= 0.3 is 0 Å². The molecule has 1 saturated carbocycles. The zero-order chi connectivity index (χ0) is 19.0. The molecular weight excluding hydrogens is 360 g/mol. The van der Waals surface area contributed by atoms with Gasteiger partial charge in [-0.05, 0) is 59.8 Å². The van der Waals surface area contributed by atoms with Gasteiger partial charge in [0.1, 0.15) is 16.7 Å². The number of aliphatic hydroxyl groups is 1. The van der Waals surface area contributed by atoms with E-state index in [1.807, 2.05) is 23.1 Å². The lowest BCUT2D eigenvalue weighted by atomic mass is 9.78. The van der Waals surface area contributed by atoms with E-state index in [-0.39, 0.29) is 12.0 Å². The number of para-hydroxylation sites is 1. The Balaban J connectivity index is 1.45. The molecule has 0 radical (unpaired) electrons. The number of ether oxygens (including phenoxy) is 1. The lowest BCUT2D eigenvalue weighted by Gasteiger charge is -2.35. The highest BCUT2D eigenvalue weighted by Gasteiger charge is 2.44. The van der Waals surface area contributed by atoms with Crippen LogP contribution in [-0.4, -0.2) is 45.6 Å². The number of carbonyl (C=O) groups excluding carboxylic acids is 1. The molecule has 2 aromatic rings. The van der Waals surface area contributed by atoms with Gasteiger partial charge in [0.05, 0.1) is 6.10 Å². The predicted molar refractivity (Wildman–Crippen MR) is 105 cm³/mol. The number of aliphatic hydroxyl groups excluding tert-OH is 1. The van der Waals surface area contributed by atoms with Crippen molar-refractivity contribution in [2.45, 2.75) is 44.8 Å². The Morgan fingerprint density at radius 2 is 1.96 bits per heavy atom. The molecule has 5 nitrogen and oxygen atoms in total. The summed E-state index contributed by atoms with van der Waals surface area (Å²) in [5.41, 5.74) is 1.17. The Hall–Kier alpha value is -1.92. The normalized spacial score (nSPS) is 27.6. The largest absolute Gasteiger partial charge is 0.487 e. The van der Waals surface area contributed by atoms with Gasteiger partial charge in [-0.1, -0.05) is 32.0 Å². The maximum absolute atomic E-state index is 12.6. The van der Waals surface area contributed by atoms with Crippen LogP contribution in [0.2, 0.25) is 0 Å². The molecule has 6 heteroatoms. The zero-order valence-electron chi connectivity index (χ0n) is 15.7.